The third-order valence-electron chi connectivity index (χ3n) is 5.84. The van der Waals surface area contributed by atoms with Crippen molar-refractivity contribution >= 4 is 34.5 Å². The second kappa shape index (κ2) is 8.63. The molecule has 1 N–H and O–H groups in total. The third-order valence-corrected chi connectivity index (χ3v) is 6.70. The first-order chi connectivity index (χ1) is 16.0. The predicted octanol–water partition coefficient (Wildman–Crippen LogP) is 5.07. The van der Waals surface area contributed by atoms with Crippen LogP contribution in [0.4, 0.5) is 11.4 Å². The van der Waals surface area contributed by atoms with Crippen molar-refractivity contribution in [2.45, 2.75) is 20.3 Å². The molecule has 3 heterocycles. The number of hydrogen-bond acceptors (Lipinski definition) is 6. The van der Waals surface area contributed by atoms with Gasteiger partial charge in [0, 0.05) is 29.9 Å². The first kappa shape index (κ1) is 21.1. The maximum absolute atomic E-state index is 12.8. The zero-order valence-electron chi connectivity index (χ0n) is 18.2. The van der Waals surface area contributed by atoms with Crippen molar-refractivity contribution in [3.8, 4) is 22.2 Å². The van der Waals surface area contributed by atoms with E-state index < -0.39 is 5.92 Å². The molecule has 4 aromatic rings. The van der Waals surface area contributed by atoms with Crippen LogP contribution in [0, 0.1) is 19.8 Å². The highest BCUT2D eigenvalue weighted by molar-refractivity contribution is 7.13. The van der Waals surface area contributed by atoms with Gasteiger partial charge in [0.2, 0.25) is 17.6 Å². The van der Waals surface area contributed by atoms with Crippen LogP contribution < -0.4 is 10.2 Å². The minimum atomic E-state index is -0.418. The van der Waals surface area contributed by atoms with E-state index in [0.29, 0.717) is 23.9 Å². The summed E-state index contributed by atoms with van der Waals surface area (Å²) < 4.78 is 5.39. The van der Waals surface area contributed by atoms with Crippen LogP contribution in [0.25, 0.3) is 22.2 Å². The number of nitrogens with one attached hydrogen (secondary N) is 1. The number of rotatable bonds is 5. The van der Waals surface area contributed by atoms with Gasteiger partial charge in [-0.1, -0.05) is 29.4 Å². The summed E-state index contributed by atoms with van der Waals surface area (Å²) in [6.45, 7) is 4.36. The molecular formula is C25H22N4O3S. The van der Waals surface area contributed by atoms with E-state index in [1.165, 1.54) is 16.9 Å². The van der Waals surface area contributed by atoms with Crippen LogP contribution in [0.2, 0.25) is 0 Å². The lowest BCUT2D eigenvalue weighted by molar-refractivity contribution is -0.122. The molecule has 2 amide bonds. The number of amides is 2. The fourth-order valence-corrected chi connectivity index (χ4v) is 4.49. The van der Waals surface area contributed by atoms with E-state index in [9.17, 15) is 9.59 Å². The molecule has 0 aliphatic carbocycles. The number of anilines is 2. The number of benzene rings is 2. The highest BCUT2D eigenvalue weighted by atomic mass is 32.1. The second-order valence-corrected chi connectivity index (χ2v) is 9.09. The van der Waals surface area contributed by atoms with Crippen LogP contribution in [-0.4, -0.2) is 28.5 Å². The molecule has 1 aliphatic rings. The van der Waals surface area contributed by atoms with E-state index in [4.69, 9.17) is 4.52 Å². The Bertz CT molecular complexity index is 1330. The number of hydrogen-bond donors (Lipinski definition) is 1. The highest BCUT2D eigenvalue weighted by Crippen LogP contribution is 2.31. The van der Waals surface area contributed by atoms with E-state index in [1.807, 2.05) is 73.8 Å². The molecule has 5 rings (SSSR count). The zero-order valence-corrected chi connectivity index (χ0v) is 19.1. The van der Waals surface area contributed by atoms with Crippen LogP contribution in [0.5, 0.6) is 0 Å². The molecule has 1 fully saturated rings. The van der Waals surface area contributed by atoms with Gasteiger partial charge in [0.15, 0.2) is 0 Å². The molecule has 2 aromatic carbocycles. The minimum absolute atomic E-state index is 0.0835. The van der Waals surface area contributed by atoms with Crippen LogP contribution in [0.1, 0.15) is 17.5 Å². The maximum atomic E-state index is 12.8. The first-order valence-electron chi connectivity index (χ1n) is 10.6. The summed E-state index contributed by atoms with van der Waals surface area (Å²) in [6, 6.07) is 17.1. The van der Waals surface area contributed by atoms with Crippen molar-refractivity contribution in [1.29, 1.82) is 0 Å². The molecule has 33 heavy (non-hydrogen) atoms. The third kappa shape index (κ3) is 4.29. The molecule has 7 nitrogen and oxygen atoms in total. The summed E-state index contributed by atoms with van der Waals surface area (Å²) in [5, 5.41) is 8.98. The molecule has 0 saturated carbocycles. The molecular weight excluding hydrogens is 436 g/mol. The van der Waals surface area contributed by atoms with Crippen LogP contribution in [0.15, 0.2) is 64.5 Å². The molecule has 2 aromatic heterocycles. The van der Waals surface area contributed by atoms with Crippen molar-refractivity contribution < 1.29 is 14.1 Å². The average molecular weight is 459 g/mol. The lowest BCUT2D eigenvalue weighted by atomic mass is 10.1. The Morgan fingerprint density at radius 3 is 2.79 bits per heavy atom. The summed E-state index contributed by atoms with van der Waals surface area (Å²) >= 11 is 1.53. The van der Waals surface area contributed by atoms with Gasteiger partial charge in [-0.3, -0.25) is 9.59 Å². The number of aromatic nitrogens is 2. The molecule has 1 atom stereocenters. The van der Waals surface area contributed by atoms with Gasteiger partial charge in [0.1, 0.15) is 0 Å². The van der Waals surface area contributed by atoms with Crippen LogP contribution in [0.3, 0.4) is 0 Å². The molecule has 0 spiro atoms. The lowest BCUT2D eigenvalue weighted by Gasteiger charge is -2.17. The van der Waals surface area contributed by atoms with E-state index in [-0.39, 0.29) is 18.2 Å². The van der Waals surface area contributed by atoms with Gasteiger partial charge >= 0.3 is 0 Å². The van der Waals surface area contributed by atoms with Crippen molar-refractivity contribution in [3.05, 3.63) is 71.1 Å². The van der Waals surface area contributed by atoms with Gasteiger partial charge in [0.05, 0.1) is 10.8 Å². The Kier molecular flexibility index (Phi) is 5.51. The van der Waals surface area contributed by atoms with Gasteiger partial charge < -0.3 is 14.7 Å². The fraction of sp³-hybridized carbons (Fsp3) is 0.200. The number of carbonyl (C=O) groups excluding carboxylic acids is 2. The Balaban J connectivity index is 1.31. The number of aryl methyl sites for hydroxylation is 2. The van der Waals surface area contributed by atoms with E-state index in [2.05, 4.69) is 15.5 Å². The largest absolute Gasteiger partial charge is 0.333 e. The van der Waals surface area contributed by atoms with Crippen molar-refractivity contribution in [3.63, 3.8) is 0 Å². The van der Waals surface area contributed by atoms with E-state index in [0.717, 1.165) is 21.7 Å². The normalized spacial score (nSPS) is 15.8. The molecule has 1 aliphatic heterocycles. The second-order valence-electron chi connectivity index (χ2n) is 8.14. The molecule has 0 bridgehead atoms. The summed E-state index contributed by atoms with van der Waals surface area (Å²) in [5.41, 5.74) is 4.47. The Morgan fingerprint density at radius 1 is 1.12 bits per heavy atom. The summed E-state index contributed by atoms with van der Waals surface area (Å²) in [7, 11) is 0. The lowest BCUT2D eigenvalue weighted by Crippen LogP contribution is -2.28. The van der Waals surface area contributed by atoms with Gasteiger partial charge in [-0.05, 0) is 60.7 Å². The SMILES string of the molecule is Cc1ccc(NC(=O)[C@H]2CC(=O)N(c3cccc(-c4noc(-c5cccs5)n4)c3)C2)cc1C. The van der Waals surface area contributed by atoms with Crippen LogP contribution >= 0.6 is 11.3 Å². The molecule has 8 heteroatoms. The smallest absolute Gasteiger partial charge is 0.268 e. The molecule has 0 radical (unpaired) electrons. The topological polar surface area (TPSA) is 88.3 Å². The predicted molar refractivity (Wildman–Crippen MR) is 128 cm³/mol. The highest BCUT2D eigenvalue weighted by Gasteiger charge is 2.35. The summed E-state index contributed by atoms with van der Waals surface area (Å²) in [6.07, 6.45) is 0.172. The summed E-state index contributed by atoms with van der Waals surface area (Å²) in [4.78, 5) is 32.6. The monoisotopic (exact) mass is 458 g/mol. The number of thiophene rings is 1. The molecule has 1 saturated heterocycles. The van der Waals surface area contributed by atoms with E-state index in [1.54, 1.807) is 4.90 Å². The molecule has 0 unspecified atom stereocenters. The van der Waals surface area contributed by atoms with E-state index >= 15 is 0 Å². The minimum Gasteiger partial charge on any atom is -0.333 e. The maximum Gasteiger partial charge on any atom is 0.268 e. The van der Waals surface area contributed by atoms with Crippen molar-refractivity contribution in [2.75, 3.05) is 16.8 Å². The zero-order chi connectivity index (χ0) is 22.9. The average Bonchev–Trinajstić information content (AvgIpc) is 3.57. The first-order valence-corrected chi connectivity index (χ1v) is 11.5. The van der Waals surface area contributed by atoms with Crippen molar-refractivity contribution in [1.82, 2.24) is 10.1 Å². The Hall–Kier alpha value is -3.78. The number of carbonyl (C=O) groups is 2. The number of nitrogens with zero attached hydrogens (tertiary/aromatic N) is 3. The van der Waals surface area contributed by atoms with Gasteiger partial charge in [-0.15, -0.1) is 11.3 Å². The van der Waals surface area contributed by atoms with Gasteiger partial charge in [-0.2, -0.15) is 4.98 Å². The van der Waals surface area contributed by atoms with Gasteiger partial charge in [0.25, 0.3) is 5.89 Å². The Labute approximate surface area is 195 Å². The quantitative estimate of drug-likeness (QED) is 0.451. The van der Waals surface area contributed by atoms with Gasteiger partial charge in [-0.25, -0.2) is 0 Å². The van der Waals surface area contributed by atoms with Crippen molar-refractivity contribution in [2.24, 2.45) is 5.92 Å². The molecule has 166 valence electrons. The standard InChI is InChI=1S/C25H22N4O3S/c1-15-8-9-19(11-16(15)2)26-24(31)18-13-22(30)29(14-18)20-6-3-5-17(12-20)23-27-25(32-28-23)21-7-4-10-33-21/h3-12,18H,13-14H2,1-2H3,(H,26,31)/t18-/m0/s1. The summed E-state index contributed by atoms with van der Waals surface area (Å²) in [5.74, 6) is 0.267. The Morgan fingerprint density at radius 2 is 2.00 bits per heavy atom. The fourth-order valence-electron chi connectivity index (χ4n) is 3.85. The van der Waals surface area contributed by atoms with Crippen LogP contribution in [-0.2, 0) is 9.59 Å².